The molecule has 13 rings (SSSR count). The summed E-state index contributed by atoms with van der Waals surface area (Å²) in [7, 11) is -0.439. The molecule has 0 spiro atoms. The second-order valence-corrected chi connectivity index (χ2v) is 21.2. The Hall–Kier alpha value is -6.65. The van der Waals surface area contributed by atoms with Crippen LogP contribution in [0, 0.1) is 13.8 Å². The van der Waals surface area contributed by atoms with Crippen LogP contribution in [0.1, 0.15) is 113 Å². The predicted octanol–water partition coefficient (Wildman–Crippen LogP) is 16.3. The molecule has 0 atom stereocenters. The van der Waals surface area contributed by atoms with Crippen molar-refractivity contribution in [3.63, 3.8) is 0 Å². The minimum Gasteiger partial charge on any atom is -0.438 e. The lowest BCUT2D eigenvalue weighted by Gasteiger charge is -2.32. The molecule has 72 heavy (non-hydrogen) atoms. The summed E-state index contributed by atoms with van der Waals surface area (Å²) in [6.07, 6.45) is 14.5. The molecule has 0 amide bonds. The number of hydrogen-bond acceptors (Lipinski definition) is 8. The third kappa shape index (κ3) is 9.58. The van der Waals surface area contributed by atoms with Crippen molar-refractivity contribution in [3.05, 3.63) is 174 Å². The first-order chi connectivity index (χ1) is 34.9. The Bertz CT molecular complexity index is 3540. The predicted molar refractivity (Wildman–Crippen MR) is 294 cm³/mol. The molecule has 3 fully saturated rings. The van der Waals surface area contributed by atoms with Crippen LogP contribution in [0.5, 0.6) is 0 Å². The Morgan fingerprint density at radius 2 is 0.986 bits per heavy atom. The fraction of sp³-hybridized carbons (Fsp3) is 0.290. The van der Waals surface area contributed by atoms with E-state index in [1.165, 1.54) is 79.2 Å². The number of furan rings is 2. The van der Waals surface area contributed by atoms with Crippen molar-refractivity contribution in [1.29, 1.82) is 0 Å². The standard InChI is InChI=1S/C28H24N2O.C18H20BNO3.C16H16ClN/c1-18-9-14-24-23-7-4-8-25(27(23)31-28(24)30-18)26-17-22(15-16-29-26)21-12-10-20(11-13-21)19-5-2-3-6-19;1-11-9-10-13-12-7-6-8-14(15(12)21-16(13)20-11)19-22-17(2,3)18(4,5)23-19;17-16-11-15(9-10-18-16)14-7-5-13(6-8-14)12-3-1-2-4-12/h4,7-17,19H,2-3,5-6H2,1H3;6-10H,1-5H3;5-12H,1-4H2. The Kier molecular flexibility index (Phi) is 13.1. The minimum atomic E-state index is -0.439. The maximum absolute atomic E-state index is 6.19. The zero-order chi connectivity index (χ0) is 49.6. The van der Waals surface area contributed by atoms with E-state index in [9.17, 15) is 0 Å². The fourth-order valence-corrected chi connectivity index (χ4v) is 10.8. The number of aromatic nitrogens is 4. The maximum Gasteiger partial charge on any atom is 0.498 e. The van der Waals surface area contributed by atoms with Gasteiger partial charge in [-0.15, -0.1) is 0 Å². The zero-order valence-corrected chi connectivity index (χ0v) is 42.8. The second-order valence-electron chi connectivity index (χ2n) is 20.8. The summed E-state index contributed by atoms with van der Waals surface area (Å²) in [4.78, 5) is 17.7. The summed E-state index contributed by atoms with van der Waals surface area (Å²) in [5.41, 5.74) is 14.6. The molecule has 2 saturated carbocycles. The number of hydrogen-bond donors (Lipinski definition) is 0. The number of benzene rings is 4. The first-order valence-corrected chi connectivity index (χ1v) is 26.0. The lowest BCUT2D eigenvalue weighted by atomic mass is 9.78. The van der Waals surface area contributed by atoms with Crippen molar-refractivity contribution >= 4 is 68.3 Å². The van der Waals surface area contributed by atoms with E-state index in [4.69, 9.17) is 29.7 Å². The van der Waals surface area contributed by atoms with Crippen LogP contribution >= 0.6 is 11.6 Å². The van der Waals surface area contributed by atoms with E-state index in [0.29, 0.717) is 16.6 Å². The van der Waals surface area contributed by atoms with Crippen molar-refractivity contribution < 1.29 is 18.1 Å². The topological polar surface area (TPSA) is 96.3 Å². The average Bonchev–Trinajstić information content (AvgIpc) is 4.25. The van der Waals surface area contributed by atoms with Gasteiger partial charge < -0.3 is 18.1 Å². The Morgan fingerprint density at radius 3 is 1.53 bits per heavy atom. The molecule has 8 nitrogen and oxygen atoms in total. The molecule has 7 heterocycles. The van der Waals surface area contributed by atoms with Crippen molar-refractivity contribution in [2.45, 2.75) is 116 Å². The van der Waals surface area contributed by atoms with Crippen LogP contribution in [0.15, 0.2) is 155 Å². The van der Waals surface area contributed by atoms with E-state index in [1.54, 1.807) is 6.20 Å². The molecule has 4 aromatic carbocycles. The molecule has 2 aliphatic carbocycles. The lowest BCUT2D eigenvalue weighted by molar-refractivity contribution is 0.00578. The van der Waals surface area contributed by atoms with Crippen molar-refractivity contribution in [2.24, 2.45) is 0 Å². The molecular formula is C62H60BClN4O4. The number of nitrogens with zero attached hydrogens (tertiary/aromatic N) is 4. The van der Waals surface area contributed by atoms with Gasteiger partial charge in [0.1, 0.15) is 16.3 Å². The van der Waals surface area contributed by atoms with Crippen LogP contribution in [0.25, 0.3) is 77.6 Å². The third-order valence-corrected chi connectivity index (χ3v) is 15.7. The quantitative estimate of drug-likeness (QED) is 0.120. The van der Waals surface area contributed by atoms with Gasteiger partial charge in [0.25, 0.3) is 0 Å². The van der Waals surface area contributed by atoms with Gasteiger partial charge >= 0.3 is 7.12 Å². The minimum absolute atomic E-state index is 0.374. The number of fused-ring (bicyclic) bond motifs is 6. The van der Waals surface area contributed by atoms with E-state index in [1.807, 2.05) is 62.5 Å². The van der Waals surface area contributed by atoms with Gasteiger partial charge in [-0.2, -0.15) is 0 Å². The van der Waals surface area contributed by atoms with E-state index in [-0.39, 0.29) is 11.2 Å². The van der Waals surface area contributed by atoms with Gasteiger partial charge in [0.15, 0.2) is 0 Å². The highest BCUT2D eigenvalue weighted by Crippen LogP contribution is 2.40. The molecular weight excluding hydrogens is 911 g/mol. The molecule has 0 bridgehead atoms. The van der Waals surface area contributed by atoms with Crippen molar-refractivity contribution in [2.75, 3.05) is 0 Å². The molecule has 0 radical (unpaired) electrons. The van der Waals surface area contributed by atoms with Gasteiger partial charge in [0, 0.05) is 56.4 Å². The largest absolute Gasteiger partial charge is 0.498 e. The van der Waals surface area contributed by atoms with E-state index < -0.39 is 7.12 Å². The smallest absolute Gasteiger partial charge is 0.438 e. The van der Waals surface area contributed by atoms with Gasteiger partial charge in [0.05, 0.1) is 16.9 Å². The summed E-state index contributed by atoms with van der Waals surface area (Å²) < 4.78 is 24.6. The van der Waals surface area contributed by atoms with Crippen LogP contribution in [0.2, 0.25) is 5.15 Å². The number of pyridine rings is 4. The highest BCUT2D eigenvalue weighted by atomic mass is 35.5. The molecule has 3 aliphatic rings. The SMILES string of the molecule is Cc1ccc2c(n1)oc1c(-c3cc(-c4ccc(C5CCCC5)cc4)ccn3)cccc12.Cc1ccc2c(n1)oc1c(B3OC(C)(C)C(C)(C)O3)cccc12.Clc1cc(-c2ccc(C3CCCC3)cc2)ccn1. The van der Waals surface area contributed by atoms with E-state index >= 15 is 0 Å². The monoisotopic (exact) mass is 970 g/mol. The molecule has 1 aliphatic heterocycles. The Morgan fingerprint density at radius 1 is 0.500 bits per heavy atom. The van der Waals surface area contributed by atoms with Crippen molar-refractivity contribution in [3.8, 4) is 33.5 Å². The van der Waals surface area contributed by atoms with Gasteiger partial charge in [-0.1, -0.05) is 116 Å². The molecule has 10 heteroatoms. The number of rotatable bonds is 6. The fourth-order valence-electron chi connectivity index (χ4n) is 10.7. The molecule has 0 N–H and O–H groups in total. The van der Waals surface area contributed by atoms with Gasteiger partial charge in [-0.3, -0.25) is 4.98 Å². The molecule has 362 valence electrons. The zero-order valence-electron chi connectivity index (χ0n) is 42.0. The van der Waals surface area contributed by atoms with Crippen LogP contribution in [0.4, 0.5) is 0 Å². The number of para-hydroxylation sites is 2. The highest BCUT2D eigenvalue weighted by Gasteiger charge is 2.52. The molecule has 1 saturated heterocycles. The maximum atomic E-state index is 6.19. The van der Waals surface area contributed by atoms with Crippen molar-refractivity contribution in [1.82, 2.24) is 19.9 Å². The summed E-state index contributed by atoms with van der Waals surface area (Å²) in [6, 6.07) is 46.6. The second kappa shape index (κ2) is 19.8. The van der Waals surface area contributed by atoms with E-state index in [0.717, 1.165) is 78.2 Å². The Labute approximate surface area is 427 Å². The van der Waals surface area contributed by atoms with Crippen LogP contribution in [-0.4, -0.2) is 38.3 Å². The lowest BCUT2D eigenvalue weighted by Crippen LogP contribution is -2.41. The van der Waals surface area contributed by atoms with Gasteiger partial charge in [-0.25, -0.2) is 15.0 Å². The van der Waals surface area contributed by atoms with Crippen LogP contribution < -0.4 is 5.46 Å². The molecule has 6 aromatic heterocycles. The normalized spacial score (nSPS) is 16.6. The Balaban J connectivity index is 0.000000122. The summed E-state index contributed by atoms with van der Waals surface area (Å²) in [6.45, 7) is 12.2. The summed E-state index contributed by atoms with van der Waals surface area (Å²) >= 11 is 5.92. The number of aryl methyl sites for hydroxylation is 2. The molecule has 0 unspecified atom stereocenters. The first kappa shape index (κ1) is 47.7. The van der Waals surface area contributed by atoms with Gasteiger partial charge in [0.2, 0.25) is 11.4 Å². The summed E-state index contributed by atoms with van der Waals surface area (Å²) in [5.74, 6) is 1.52. The van der Waals surface area contributed by atoms with Crippen LogP contribution in [-0.2, 0) is 9.31 Å². The highest BCUT2D eigenvalue weighted by molar-refractivity contribution is 6.65. The summed E-state index contributed by atoms with van der Waals surface area (Å²) in [5, 5.41) is 4.73. The van der Waals surface area contributed by atoms with Crippen LogP contribution in [0.3, 0.4) is 0 Å². The first-order valence-electron chi connectivity index (χ1n) is 25.6. The van der Waals surface area contributed by atoms with Gasteiger partial charge in [-0.05, 0) is 167 Å². The number of halogens is 1. The van der Waals surface area contributed by atoms with E-state index in [2.05, 4.69) is 139 Å². The third-order valence-electron chi connectivity index (χ3n) is 15.4. The average molecular weight is 971 g/mol. The molecule has 10 aromatic rings.